The molecule has 0 unspecified atom stereocenters. The summed E-state index contributed by atoms with van der Waals surface area (Å²) >= 11 is 0. The Kier molecular flexibility index (Phi) is 4.53. The van der Waals surface area contributed by atoms with Gasteiger partial charge >= 0.3 is 0 Å². The van der Waals surface area contributed by atoms with Crippen LogP contribution < -0.4 is 10.6 Å². The Labute approximate surface area is 89.3 Å². The minimum Gasteiger partial charge on any atom is -0.369 e. The Morgan fingerprint density at radius 2 is 2.27 bits per heavy atom. The molecule has 1 aromatic rings. The van der Waals surface area contributed by atoms with Crippen LogP contribution in [0.3, 0.4) is 0 Å². The molecule has 0 saturated heterocycles. The summed E-state index contributed by atoms with van der Waals surface area (Å²) in [5.74, 6) is 0.790. The maximum atomic E-state index is 10.9. The van der Waals surface area contributed by atoms with E-state index in [0.29, 0.717) is 13.0 Å². The van der Waals surface area contributed by atoms with Crippen LogP contribution in [0.4, 0.5) is 5.82 Å². The summed E-state index contributed by atoms with van der Waals surface area (Å²) in [5, 5.41) is 5.63. The van der Waals surface area contributed by atoms with E-state index >= 15 is 0 Å². The van der Waals surface area contributed by atoms with Gasteiger partial charge in [0.15, 0.2) is 0 Å². The molecule has 1 aromatic heterocycles. The number of anilines is 1. The van der Waals surface area contributed by atoms with E-state index in [9.17, 15) is 4.79 Å². The first-order valence-electron chi connectivity index (χ1n) is 5.01. The van der Waals surface area contributed by atoms with Gasteiger partial charge in [-0.3, -0.25) is 4.79 Å². The minimum atomic E-state index is 0.0206. The van der Waals surface area contributed by atoms with Crippen molar-refractivity contribution in [3.8, 4) is 0 Å². The Bertz CT molecular complexity index is 327. The highest BCUT2D eigenvalue weighted by atomic mass is 16.1. The number of hydrogen-bond donors (Lipinski definition) is 2. The number of amides is 1. The molecule has 0 saturated carbocycles. The zero-order valence-electron chi connectivity index (χ0n) is 9.08. The van der Waals surface area contributed by atoms with Gasteiger partial charge in [0.05, 0.1) is 0 Å². The van der Waals surface area contributed by atoms with E-state index in [1.807, 2.05) is 13.0 Å². The highest BCUT2D eigenvalue weighted by molar-refractivity contribution is 5.75. The highest BCUT2D eigenvalue weighted by Gasteiger charge is 1.99. The number of aromatic nitrogens is 2. The molecule has 0 aromatic carbocycles. The van der Waals surface area contributed by atoms with Gasteiger partial charge in [-0.15, -0.1) is 0 Å². The second-order valence-corrected chi connectivity index (χ2v) is 3.10. The first kappa shape index (κ1) is 11.4. The number of aryl methyl sites for hydroxylation is 1. The Balaban J connectivity index is 2.40. The van der Waals surface area contributed by atoms with Crippen LogP contribution in [0.5, 0.6) is 0 Å². The molecular weight excluding hydrogens is 192 g/mol. The van der Waals surface area contributed by atoms with Gasteiger partial charge < -0.3 is 10.6 Å². The topological polar surface area (TPSA) is 66.9 Å². The molecule has 15 heavy (non-hydrogen) atoms. The van der Waals surface area contributed by atoms with Crippen molar-refractivity contribution >= 4 is 11.7 Å². The second kappa shape index (κ2) is 5.95. The molecule has 5 nitrogen and oxygen atoms in total. The van der Waals surface area contributed by atoms with Crippen molar-refractivity contribution < 1.29 is 4.79 Å². The van der Waals surface area contributed by atoms with Crippen molar-refractivity contribution in [2.75, 3.05) is 18.9 Å². The van der Waals surface area contributed by atoms with Gasteiger partial charge in [0.2, 0.25) is 5.91 Å². The maximum absolute atomic E-state index is 10.9. The van der Waals surface area contributed by atoms with Gasteiger partial charge in [-0.05, 0) is 6.42 Å². The fourth-order valence-electron chi connectivity index (χ4n) is 1.12. The third kappa shape index (κ3) is 3.93. The van der Waals surface area contributed by atoms with Crippen molar-refractivity contribution in [3.05, 3.63) is 18.1 Å². The van der Waals surface area contributed by atoms with E-state index in [1.165, 1.54) is 6.33 Å². The van der Waals surface area contributed by atoms with Gasteiger partial charge in [-0.2, -0.15) is 0 Å². The highest BCUT2D eigenvalue weighted by Crippen LogP contribution is 2.03. The zero-order valence-corrected chi connectivity index (χ0v) is 9.08. The van der Waals surface area contributed by atoms with Crippen molar-refractivity contribution in [2.45, 2.75) is 19.8 Å². The molecule has 0 aliphatic heterocycles. The summed E-state index contributed by atoms with van der Waals surface area (Å²) in [5.41, 5.74) is 0.993. The van der Waals surface area contributed by atoms with Crippen LogP contribution in [0.1, 0.15) is 19.0 Å². The van der Waals surface area contributed by atoms with Crippen LogP contribution in [0.25, 0.3) is 0 Å². The van der Waals surface area contributed by atoms with Crippen molar-refractivity contribution in [1.82, 2.24) is 15.3 Å². The molecule has 2 N–H and O–H groups in total. The monoisotopic (exact) mass is 208 g/mol. The van der Waals surface area contributed by atoms with Crippen LogP contribution in [-0.4, -0.2) is 29.5 Å². The molecular formula is C10H16N4O. The Morgan fingerprint density at radius 1 is 1.47 bits per heavy atom. The number of nitrogens with one attached hydrogen (secondary N) is 2. The fraction of sp³-hybridized carbons (Fsp3) is 0.500. The summed E-state index contributed by atoms with van der Waals surface area (Å²) in [6.45, 7) is 2.62. The molecule has 1 rings (SSSR count). The third-order valence-corrected chi connectivity index (χ3v) is 2.02. The third-order valence-electron chi connectivity index (χ3n) is 2.02. The summed E-state index contributed by atoms with van der Waals surface area (Å²) in [6, 6.07) is 1.89. The lowest BCUT2D eigenvalue weighted by atomic mass is 10.3. The summed E-state index contributed by atoms with van der Waals surface area (Å²) in [4.78, 5) is 19.1. The predicted octanol–water partition coefficient (Wildman–Crippen LogP) is 0.587. The molecule has 0 aliphatic rings. The van der Waals surface area contributed by atoms with Crippen molar-refractivity contribution in [1.29, 1.82) is 0 Å². The van der Waals surface area contributed by atoms with Gasteiger partial charge in [-0.1, -0.05) is 6.92 Å². The lowest BCUT2D eigenvalue weighted by Gasteiger charge is -2.05. The fourth-order valence-corrected chi connectivity index (χ4v) is 1.12. The standard InChI is InChI=1S/C10H16N4O/c1-3-8-6-9(14-7-13-8)12-5-4-10(15)11-2/h6-7H,3-5H2,1-2H3,(H,11,15)(H,12,13,14). The molecule has 0 atom stereocenters. The minimum absolute atomic E-state index is 0.0206. The smallest absolute Gasteiger partial charge is 0.221 e. The predicted molar refractivity (Wildman–Crippen MR) is 58.6 cm³/mol. The zero-order chi connectivity index (χ0) is 11.1. The van der Waals surface area contributed by atoms with Crippen LogP contribution in [-0.2, 0) is 11.2 Å². The lowest BCUT2D eigenvalue weighted by molar-refractivity contribution is -0.120. The first-order valence-corrected chi connectivity index (χ1v) is 5.01. The SMILES string of the molecule is CCc1cc(NCCC(=O)NC)ncn1. The van der Waals surface area contributed by atoms with Crippen LogP contribution in [0.2, 0.25) is 0 Å². The van der Waals surface area contributed by atoms with Gasteiger partial charge in [0, 0.05) is 31.8 Å². The molecule has 1 amide bonds. The van der Waals surface area contributed by atoms with E-state index in [4.69, 9.17) is 0 Å². The number of nitrogens with zero attached hydrogens (tertiary/aromatic N) is 2. The first-order chi connectivity index (χ1) is 7.26. The molecule has 82 valence electrons. The van der Waals surface area contributed by atoms with Crippen molar-refractivity contribution in [2.24, 2.45) is 0 Å². The van der Waals surface area contributed by atoms with Gasteiger partial charge in [0.1, 0.15) is 12.1 Å². The van der Waals surface area contributed by atoms with E-state index < -0.39 is 0 Å². The summed E-state index contributed by atoms with van der Waals surface area (Å²) in [6.07, 6.45) is 2.86. The van der Waals surface area contributed by atoms with Crippen molar-refractivity contribution in [3.63, 3.8) is 0 Å². The molecule has 0 fully saturated rings. The quantitative estimate of drug-likeness (QED) is 0.743. The maximum Gasteiger partial charge on any atom is 0.221 e. The van der Waals surface area contributed by atoms with E-state index in [1.54, 1.807) is 7.05 Å². The summed E-state index contributed by atoms with van der Waals surface area (Å²) in [7, 11) is 1.63. The molecule has 5 heteroatoms. The Hall–Kier alpha value is -1.65. The molecule has 0 bridgehead atoms. The number of carbonyl (C=O) groups excluding carboxylic acids is 1. The lowest BCUT2D eigenvalue weighted by Crippen LogP contribution is -2.21. The van der Waals surface area contributed by atoms with Crippen LogP contribution in [0, 0.1) is 0 Å². The van der Waals surface area contributed by atoms with E-state index in [-0.39, 0.29) is 5.91 Å². The average molecular weight is 208 g/mol. The van der Waals surface area contributed by atoms with E-state index in [0.717, 1.165) is 17.9 Å². The average Bonchev–Trinajstić information content (AvgIpc) is 2.29. The Morgan fingerprint density at radius 3 is 2.93 bits per heavy atom. The molecule has 1 heterocycles. The largest absolute Gasteiger partial charge is 0.369 e. The second-order valence-electron chi connectivity index (χ2n) is 3.10. The number of hydrogen-bond acceptors (Lipinski definition) is 4. The summed E-state index contributed by atoms with van der Waals surface area (Å²) < 4.78 is 0. The normalized spacial score (nSPS) is 9.73. The molecule has 0 aliphatic carbocycles. The van der Waals surface area contributed by atoms with Crippen LogP contribution in [0.15, 0.2) is 12.4 Å². The number of carbonyl (C=O) groups is 1. The van der Waals surface area contributed by atoms with Gasteiger partial charge in [-0.25, -0.2) is 9.97 Å². The van der Waals surface area contributed by atoms with Gasteiger partial charge in [0.25, 0.3) is 0 Å². The van der Waals surface area contributed by atoms with E-state index in [2.05, 4.69) is 20.6 Å². The molecule has 0 radical (unpaired) electrons. The van der Waals surface area contributed by atoms with Crippen LogP contribution >= 0.6 is 0 Å². The molecule has 0 spiro atoms. The number of rotatable bonds is 5.